The summed E-state index contributed by atoms with van der Waals surface area (Å²) in [6.07, 6.45) is 0. The Kier molecular flexibility index (Phi) is 4.24. The highest BCUT2D eigenvalue weighted by Crippen LogP contribution is 2.18. The first-order valence-electron chi connectivity index (χ1n) is 5.89. The van der Waals surface area contributed by atoms with Crippen LogP contribution >= 0.6 is 22.6 Å². The van der Waals surface area contributed by atoms with Crippen LogP contribution in [-0.4, -0.2) is 31.2 Å². The maximum Gasteiger partial charge on any atom is 0.250 e. The second-order valence-electron chi connectivity index (χ2n) is 4.85. The van der Waals surface area contributed by atoms with Crippen LogP contribution in [0.4, 0.5) is 5.69 Å². The number of ether oxygens (including phenoxy) is 1. The number of hydrogen-bond donors (Lipinski definition) is 2. The van der Waals surface area contributed by atoms with Crippen LogP contribution in [0.3, 0.4) is 0 Å². The Morgan fingerprint density at radius 2 is 2.28 bits per heavy atom. The van der Waals surface area contributed by atoms with Crippen molar-refractivity contribution in [3.63, 3.8) is 0 Å². The second kappa shape index (κ2) is 5.54. The van der Waals surface area contributed by atoms with E-state index < -0.39 is 0 Å². The van der Waals surface area contributed by atoms with Crippen molar-refractivity contribution in [2.24, 2.45) is 0 Å². The number of benzene rings is 1. The molecule has 1 aliphatic heterocycles. The molecular weight excluding hydrogens is 343 g/mol. The lowest BCUT2D eigenvalue weighted by molar-refractivity contribution is -0.130. The predicted molar refractivity (Wildman–Crippen MR) is 79.8 cm³/mol. The number of amides is 1. The fourth-order valence-corrected chi connectivity index (χ4v) is 2.20. The van der Waals surface area contributed by atoms with Gasteiger partial charge in [0.25, 0.3) is 0 Å². The predicted octanol–water partition coefficient (Wildman–Crippen LogP) is 1.92. The number of hydrogen-bond acceptors (Lipinski definition) is 3. The molecule has 0 atom stereocenters. The molecule has 1 aromatic rings. The summed E-state index contributed by atoms with van der Waals surface area (Å²) in [6, 6.07) is 5.86. The zero-order valence-electron chi connectivity index (χ0n) is 10.5. The van der Waals surface area contributed by atoms with Crippen molar-refractivity contribution in [3.8, 4) is 0 Å². The first kappa shape index (κ1) is 13.8. The molecule has 0 aromatic heterocycles. The molecule has 1 aliphatic rings. The molecule has 2 N–H and O–H groups in total. The molecule has 18 heavy (non-hydrogen) atoms. The third-order valence-corrected chi connectivity index (χ3v) is 4.17. The van der Waals surface area contributed by atoms with Crippen LogP contribution in [0.25, 0.3) is 0 Å². The third-order valence-electron chi connectivity index (χ3n) is 3.01. The lowest BCUT2D eigenvalue weighted by Crippen LogP contribution is -2.59. The van der Waals surface area contributed by atoms with Gasteiger partial charge in [0.15, 0.2) is 0 Å². The van der Waals surface area contributed by atoms with Gasteiger partial charge in [0, 0.05) is 22.3 Å². The smallest absolute Gasteiger partial charge is 0.250 e. The van der Waals surface area contributed by atoms with Crippen LogP contribution in [0.15, 0.2) is 18.2 Å². The molecule has 98 valence electrons. The van der Waals surface area contributed by atoms with Crippen molar-refractivity contribution in [3.05, 3.63) is 27.3 Å². The van der Waals surface area contributed by atoms with Gasteiger partial charge in [-0.15, -0.1) is 0 Å². The van der Waals surface area contributed by atoms with Crippen molar-refractivity contribution >= 4 is 34.2 Å². The highest BCUT2D eigenvalue weighted by molar-refractivity contribution is 14.1. The van der Waals surface area contributed by atoms with Crippen molar-refractivity contribution in [1.82, 2.24) is 5.32 Å². The van der Waals surface area contributed by atoms with E-state index in [4.69, 9.17) is 4.74 Å². The molecule has 4 nitrogen and oxygen atoms in total. The number of carbonyl (C=O) groups is 1. The largest absolute Gasteiger partial charge is 0.363 e. The van der Waals surface area contributed by atoms with Gasteiger partial charge in [-0.1, -0.05) is 6.07 Å². The molecule has 0 bridgehead atoms. The summed E-state index contributed by atoms with van der Waals surface area (Å²) in [5, 5.41) is 5.97. The van der Waals surface area contributed by atoms with E-state index in [0.29, 0.717) is 0 Å². The van der Waals surface area contributed by atoms with Crippen LogP contribution in [0.5, 0.6) is 0 Å². The van der Waals surface area contributed by atoms with E-state index in [1.54, 1.807) is 0 Å². The highest BCUT2D eigenvalue weighted by Gasteiger charge is 2.32. The Bertz CT molecular complexity index is 458. The Morgan fingerprint density at radius 3 is 2.83 bits per heavy atom. The summed E-state index contributed by atoms with van der Waals surface area (Å²) < 4.78 is 6.72. The standard InChI is InChI=1S/C13H17IN2O2/c1-9-3-4-10(5-11(9)14)16-12(17)6-18-13(2)7-15-8-13/h3-5,15H,6-8H2,1-2H3,(H,16,17). The number of nitrogens with one attached hydrogen (secondary N) is 2. The van der Waals surface area contributed by atoms with Crippen LogP contribution in [-0.2, 0) is 9.53 Å². The molecule has 0 saturated carbocycles. The second-order valence-corrected chi connectivity index (χ2v) is 6.02. The average molecular weight is 360 g/mol. The third kappa shape index (κ3) is 3.43. The number of aryl methyl sites for hydroxylation is 1. The van der Waals surface area contributed by atoms with E-state index in [1.807, 2.05) is 32.0 Å². The normalized spacial score (nSPS) is 17.1. The zero-order chi connectivity index (χ0) is 13.2. The van der Waals surface area contributed by atoms with Crippen molar-refractivity contribution in [2.45, 2.75) is 19.4 Å². The van der Waals surface area contributed by atoms with E-state index in [9.17, 15) is 4.79 Å². The van der Waals surface area contributed by atoms with Crippen LogP contribution in [0, 0.1) is 10.5 Å². The van der Waals surface area contributed by atoms with E-state index in [2.05, 4.69) is 33.2 Å². The molecule has 5 heteroatoms. The summed E-state index contributed by atoms with van der Waals surface area (Å²) in [5.74, 6) is -0.109. The number of halogens is 1. The molecule has 0 radical (unpaired) electrons. The van der Waals surface area contributed by atoms with Gasteiger partial charge in [-0.3, -0.25) is 4.79 Å². The van der Waals surface area contributed by atoms with Gasteiger partial charge in [-0.2, -0.15) is 0 Å². The molecule has 1 aromatic carbocycles. The quantitative estimate of drug-likeness (QED) is 0.807. The summed E-state index contributed by atoms with van der Waals surface area (Å²) in [5.41, 5.74) is 1.84. The fourth-order valence-electron chi connectivity index (χ4n) is 1.69. The minimum Gasteiger partial charge on any atom is -0.363 e. The molecule has 1 fully saturated rings. The molecule has 0 spiro atoms. The average Bonchev–Trinajstić information content (AvgIpc) is 2.29. The van der Waals surface area contributed by atoms with Gasteiger partial charge in [0.2, 0.25) is 5.91 Å². The van der Waals surface area contributed by atoms with Gasteiger partial charge >= 0.3 is 0 Å². The topological polar surface area (TPSA) is 50.4 Å². The molecule has 0 aliphatic carbocycles. The van der Waals surface area contributed by atoms with Gasteiger partial charge in [0.05, 0.1) is 5.60 Å². The fraction of sp³-hybridized carbons (Fsp3) is 0.462. The molecule has 1 saturated heterocycles. The molecule has 2 rings (SSSR count). The first-order chi connectivity index (χ1) is 8.48. The Labute approximate surface area is 121 Å². The van der Waals surface area contributed by atoms with E-state index in [-0.39, 0.29) is 18.1 Å². The van der Waals surface area contributed by atoms with Gasteiger partial charge in [-0.05, 0) is 54.1 Å². The van der Waals surface area contributed by atoms with Crippen molar-refractivity contribution in [2.75, 3.05) is 25.0 Å². The van der Waals surface area contributed by atoms with Gasteiger partial charge < -0.3 is 15.4 Å². The molecular formula is C13H17IN2O2. The summed E-state index contributed by atoms with van der Waals surface area (Å²) in [6.45, 7) is 5.76. The van der Waals surface area contributed by atoms with E-state index >= 15 is 0 Å². The summed E-state index contributed by atoms with van der Waals surface area (Å²) in [4.78, 5) is 11.7. The minimum absolute atomic E-state index is 0.0998. The Balaban J connectivity index is 1.85. The maximum atomic E-state index is 11.7. The Hall–Kier alpha value is -0.660. The summed E-state index contributed by atoms with van der Waals surface area (Å²) in [7, 11) is 0. The lowest BCUT2D eigenvalue weighted by atomic mass is 10.0. The molecule has 1 heterocycles. The highest BCUT2D eigenvalue weighted by atomic mass is 127. The monoisotopic (exact) mass is 360 g/mol. The van der Waals surface area contributed by atoms with Crippen molar-refractivity contribution in [1.29, 1.82) is 0 Å². The van der Waals surface area contributed by atoms with Gasteiger partial charge in [0.1, 0.15) is 6.61 Å². The number of carbonyl (C=O) groups excluding carboxylic acids is 1. The van der Waals surface area contributed by atoms with E-state index in [1.165, 1.54) is 5.56 Å². The van der Waals surface area contributed by atoms with Crippen LogP contribution < -0.4 is 10.6 Å². The van der Waals surface area contributed by atoms with Crippen molar-refractivity contribution < 1.29 is 9.53 Å². The SMILES string of the molecule is Cc1ccc(NC(=O)COC2(C)CNC2)cc1I. The zero-order valence-corrected chi connectivity index (χ0v) is 12.7. The number of rotatable bonds is 4. The van der Waals surface area contributed by atoms with E-state index in [0.717, 1.165) is 22.3 Å². The van der Waals surface area contributed by atoms with Gasteiger partial charge in [-0.25, -0.2) is 0 Å². The summed E-state index contributed by atoms with van der Waals surface area (Å²) >= 11 is 2.26. The molecule has 0 unspecified atom stereocenters. The first-order valence-corrected chi connectivity index (χ1v) is 6.97. The minimum atomic E-state index is -0.182. The Morgan fingerprint density at radius 1 is 1.56 bits per heavy atom. The maximum absolute atomic E-state index is 11.7. The number of anilines is 1. The molecule has 1 amide bonds. The van der Waals surface area contributed by atoms with Crippen LogP contribution in [0.1, 0.15) is 12.5 Å². The van der Waals surface area contributed by atoms with Crippen LogP contribution in [0.2, 0.25) is 0 Å². The lowest BCUT2D eigenvalue weighted by Gasteiger charge is -2.38.